The molecule has 0 atom stereocenters. The number of hydrogen-bond acceptors (Lipinski definition) is 6. The Balaban J connectivity index is 2.11. The summed E-state index contributed by atoms with van der Waals surface area (Å²) in [7, 11) is 0. The zero-order chi connectivity index (χ0) is 9.80. The maximum Gasteiger partial charge on any atom is 0.225 e. The molecule has 1 aromatic rings. The van der Waals surface area contributed by atoms with Gasteiger partial charge in [-0.15, -0.1) is 4.91 Å². The largest absolute Gasteiger partial charge is 0.378 e. The van der Waals surface area contributed by atoms with E-state index in [-0.39, 0.29) is 5.69 Å². The Kier molecular flexibility index (Phi) is 2.64. The van der Waals surface area contributed by atoms with Crippen LogP contribution >= 0.6 is 0 Å². The molecular weight excluding hydrogens is 184 g/mol. The van der Waals surface area contributed by atoms with Gasteiger partial charge in [0.2, 0.25) is 5.95 Å². The number of nitroso groups, excluding NO2 is 1. The van der Waals surface area contributed by atoms with Gasteiger partial charge in [-0.05, 0) is 5.18 Å². The lowest BCUT2D eigenvalue weighted by Gasteiger charge is -2.26. The minimum absolute atomic E-state index is 0.252. The zero-order valence-corrected chi connectivity index (χ0v) is 7.59. The van der Waals surface area contributed by atoms with Crippen LogP contribution in [-0.2, 0) is 4.74 Å². The van der Waals surface area contributed by atoms with E-state index >= 15 is 0 Å². The number of hydrogen-bond donors (Lipinski definition) is 0. The zero-order valence-electron chi connectivity index (χ0n) is 7.59. The molecule has 1 aliphatic rings. The van der Waals surface area contributed by atoms with Crippen LogP contribution in [0.4, 0.5) is 11.6 Å². The molecule has 0 N–H and O–H groups in total. The Hall–Kier alpha value is -1.56. The fourth-order valence-corrected chi connectivity index (χ4v) is 1.29. The first-order valence-electron chi connectivity index (χ1n) is 4.38. The molecular formula is C8H10N4O2. The lowest BCUT2D eigenvalue weighted by molar-refractivity contribution is 0.122. The molecule has 0 spiro atoms. The second-order valence-corrected chi connectivity index (χ2v) is 2.93. The van der Waals surface area contributed by atoms with Crippen molar-refractivity contribution in [2.75, 3.05) is 31.2 Å². The van der Waals surface area contributed by atoms with Gasteiger partial charge in [-0.3, -0.25) is 0 Å². The highest BCUT2D eigenvalue weighted by atomic mass is 16.5. The molecule has 0 aliphatic carbocycles. The Labute approximate surface area is 80.9 Å². The number of morpholine rings is 1. The van der Waals surface area contributed by atoms with Crippen molar-refractivity contribution in [3.8, 4) is 0 Å². The molecule has 74 valence electrons. The monoisotopic (exact) mass is 194 g/mol. The predicted octanol–water partition coefficient (Wildman–Crippen LogP) is 0.711. The quantitative estimate of drug-likeness (QED) is 0.648. The molecule has 1 saturated heterocycles. The summed E-state index contributed by atoms with van der Waals surface area (Å²) in [6.45, 7) is 2.95. The van der Waals surface area contributed by atoms with E-state index in [1.54, 1.807) is 0 Å². The summed E-state index contributed by atoms with van der Waals surface area (Å²) in [6.07, 6.45) is 2.84. The highest BCUT2D eigenvalue weighted by molar-refractivity contribution is 5.37. The van der Waals surface area contributed by atoms with Crippen LogP contribution in [0.15, 0.2) is 17.6 Å². The molecule has 6 heteroatoms. The second-order valence-electron chi connectivity index (χ2n) is 2.93. The van der Waals surface area contributed by atoms with E-state index < -0.39 is 0 Å². The van der Waals surface area contributed by atoms with Gasteiger partial charge in [-0.1, -0.05) is 0 Å². The number of aromatic nitrogens is 2. The van der Waals surface area contributed by atoms with Crippen molar-refractivity contribution in [3.63, 3.8) is 0 Å². The van der Waals surface area contributed by atoms with Gasteiger partial charge in [0.1, 0.15) is 5.69 Å². The van der Waals surface area contributed by atoms with Crippen LogP contribution in [0.2, 0.25) is 0 Å². The number of nitrogens with zero attached hydrogens (tertiary/aromatic N) is 4. The molecule has 2 rings (SSSR count). The fourth-order valence-electron chi connectivity index (χ4n) is 1.29. The predicted molar refractivity (Wildman–Crippen MR) is 50.5 cm³/mol. The van der Waals surface area contributed by atoms with Gasteiger partial charge in [0.05, 0.1) is 25.6 Å². The maximum absolute atomic E-state index is 10.1. The molecule has 14 heavy (non-hydrogen) atoms. The average Bonchev–Trinajstić information content (AvgIpc) is 2.30. The third kappa shape index (κ3) is 1.85. The molecule has 0 saturated carbocycles. The van der Waals surface area contributed by atoms with E-state index in [9.17, 15) is 4.91 Å². The van der Waals surface area contributed by atoms with Crippen LogP contribution in [-0.4, -0.2) is 36.3 Å². The second kappa shape index (κ2) is 4.10. The fraction of sp³-hybridized carbons (Fsp3) is 0.500. The molecule has 0 radical (unpaired) electrons. The van der Waals surface area contributed by atoms with Crippen molar-refractivity contribution in [1.82, 2.24) is 9.97 Å². The van der Waals surface area contributed by atoms with Crippen LogP contribution < -0.4 is 4.90 Å². The molecule has 0 bridgehead atoms. The molecule has 0 amide bonds. The highest BCUT2D eigenvalue weighted by Gasteiger charge is 2.13. The van der Waals surface area contributed by atoms with E-state index in [1.165, 1.54) is 12.4 Å². The van der Waals surface area contributed by atoms with E-state index in [0.29, 0.717) is 19.2 Å². The first kappa shape index (κ1) is 9.01. The van der Waals surface area contributed by atoms with E-state index in [0.717, 1.165) is 13.1 Å². The highest BCUT2D eigenvalue weighted by Crippen LogP contribution is 2.12. The third-order valence-electron chi connectivity index (χ3n) is 2.02. The molecule has 1 aliphatic heterocycles. The van der Waals surface area contributed by atoms with Gasteiger partial charge in [0, 0.05) is 13.1 Å². The van der Waals surface area contributed by atoms with Gasteiger partial charge in [0.25, 0.3) is 0 Å². The van der Waals surface area contributed by atoms with Gasteiger partial charge >= 0.3 is 0 Å². The summed E-state index contributed by atoms with van der Waals surface area (Å²) in [5.74, 6) is 0.626. The molecule has 0 unspecified atom stereocenters. The van der Waals surface area contributed by atoms with Crippen molar-refractivity contribution in [1.29, 1.82) is 0 Å². The Bertz CT molecular complexity index is 308. The minimum Gasteiger partial charge on any atom is -0.378 e. The van der Waals surface area contributed by atoms with Crippen molar-refractivity contribution in [3.05, 3.63) is 17.3 Å². The normalized spacial score (nSPS) is 16.7. The van der Waals surface area contributed by atoms with E-state index in [2.05, 4.69) is 15.1 Å². The number of rotatable bonds is 2. The van der Waals surface area contributed by atoms with Crippen LogP contribution in [0.1, 0.15) is 0 Å². The van der Waals surface area contributed by atoms with Crippen LogP contribution in [0.3, 0.4) is 0 Å². The van der Waals surface area contributed by atoms with E-state index in [4.69, 9.17) is 4.74 Å². The summed E-state index contributed by atoms with van der Waals surface area (Å²) < 4.78 is 5.20. The molecule has 2 heterocycles. The standard InChI is InChI=1S/C8H10N4O2/c13-11-7-5-9-8(10-6-7)12-1-3-14-4-2-12/h5-6H,1-4H2. The number of ether oxygens (including phenoxy) is 1. The summed E-state index contributed by atoms with van der Waals surface area (Å²) in [6, 6.07) is 0. The third-order valence-corrected chi connectivity index (χ3v) is 2.02. The van der Waals surface area contributed by atoms with Crippen molar-refractivity contribution in [2.24, 2.45) is 5.18 Å². The summed E-state index contributed by atoms with van der Waals surface area (Å²) in [4.78, 5) is 20.2. The summed E-state index contributed by atoms with van der Waals surface area (Å²) in [5, 5.41) is 2.74. The Morgan fingerprint density at radius 1 is 1.29 bits per heavy atom. The first-order valence-corrected chi connectivity index (χ1v) is 4.38. The van der Waals surface area contributed by atoms with Gasteiger partial charge < -0.3 is 9.64 Å². The summed E-state index contributed by atoms with van der Waals surface area (Å²) in [5.41, 5.74) is 0.252. The lowest BCUT2D eigenvalue weighted by atomic mass is 10.4. The van der Waals surface area contributed by atoms with Crippen LogP contribution in [0.5, 0.6) is 0 Å². The Morgan fingerprint density at radius 3 is 2.50 bits per heavy atom. The molecule has 1 aromatic heterocycles. The van der Waals surface area contributed by atoms with Crippen molar-refractivity contribution in [2.45, 2.75) is 0 Å². The smallest absolute Gasteiger partial charge is 0.225 e. The van der Waals surface area contributed by atoms with Gasteiger partial charge in [0.15, 0.2) is 0 Å². The molecule has 1 fully saturated rings. The first-order chi connectivity index (χ1) is 6.90. The summed E-state index contributed by atoms with van der Waals surface area (Å²) >= 11 is 0. The van der Waals surface area contributed by atoms with Gasteiger partial charge in [-0.25, -0.2) is 9.97 Å². The topological polar surface area (TPSA) is 67.7 Å². The maximum atomic E-state index is 10.1. The Morgan fingerprint density at radius 2 is 1.93 bits per heavy atom. The van der Waals surface area contributed by atoms with Crippen LogP contribution in [0.25, 0.3) is 0 Å². The molecule has 6 nitrogen and oxygen atoms in total. The average molecular weight is 194 g/mol. The van der Waals surface area contributed by atoms with Crippen molar-refractivity contribution < 1.29 is 4.74 Å². The van der Waals surface area contributed by atoms with E-state index in [1.807, 2.05) is 4.90 Å². The van der Waals surface area contributed by atoms with Crippen LogP contribution in [0, 0.1) is 4.91 Å². The number of anilines is 1. The minimum atomic E-state index is 0.252. The lowest BCUT2D eigenvalue weighted by Crippen LogP contribution is -2.37. The van der Waals surface area contributed by atoms with Crippen molar-refractivity contribution >= 4 is 11.6 Å². The molecule has 0 aromatic carbocycles. The SMILES string of the molecule is O=Nc1cnc(N2CCOCC2)nc1. The van der Waals surface area contributed by atoms with Gasteiger partial charge in [-0.2, -0.15) is 0 Å².